The molecule has 1 saturated heterocycles. The van der Waals surface area contributed by atoms with Crippen LogP contribution in [0.1, 0.15) is 43.1 Å². The van der Waals surface area contributed by atoms with Crippen molar-refractivity contribution >= 4 is 17.7 Å². The summed E-state index contributed by atoms with van der Waals surface area (Å²) in [4.78, 5) is 33.0. The summed E-state index contributed by atoms with van der Waals surface area (Å²) in [7, 11) is 0. The van der Waals surface area contributed by atoms with E-state index in [-0.39, 0.29) is 17.4 Å². The highest BCUT2D eigenvalue weighted by Gasteiger charge is 2.27. The van der Waals surface area contributed by atoms with Gasteiger partial charge in [0.25, 0.3) is 5.56 Å². The van der Waals surface area contributed by atoms with E-state index in [0.717, 1.165) is 36.8 Å². The van der Waals surface area contributed by atoms with Crippen LogP contribution in [0.2, 0.25) is 0 Å². The highest BCUT2D eigenvalue weighted by atomic mass is 32.2. The van der Waals surface area contributed by atoms with Crippen LogP contribution in [-0.4, -0.2) is 45.4 Å². The molecule has 0 spiro atoms. The molecule has 120 valence electrons. The van der Waals surface area contributed by atoms with Gasteiger partial charge in [0.2, 0.25) is 5.91 Å². The van der Waals surface area contributed by atoms with Gasteiger partial charge in [-0.3, -0.25) is 9.59 Å². The zero-order valence-electron chi connectivity index (χ0n) is 13.0. The maximum absolute atomic E-state index is 12.3. The minimum Gasteiger partial charge on any atom is -0.341 e. The van der Waals surface area contributed by atoms with Crippen molar-refractivity contribution in [2.75, 3.05) is 24.6 Å². The average Bonchev–Trinajstić information content (AvgIpc) is 3.30. The molecule has 3 rings (SSSR count). The molecule has 1 N–H and O–H groups in total. The normalized spacial score (nSPS) is 21.9. The Morgan fingerprint density at radius 2 is 2.27 bits per heavy atom. The van der Waals surface area contributed by atoms with Gasteiger partial charge in [-0.25, -0.2) is 4.98 Å². The van der Waals surface area contributed by atoms with E-state index < -0.39 is 0 Å². The summed E-state index contributed by atoms with van der Waals surface area (Å²) in [6.45, 7) is 3.32. The third kappa shape index (κ3) is 4.12. The van der Waals surface area contributed by atoms with Crippen LogP contribution in [0.25, 0.3) is 0 Å². The number of hydrogen-bond acceptors (Lipinski definition) is 4. The Kier molecular flexibility index (Phi) is 4.86. The van der Waals surface area contributed by atoms with Crippen molar-refractivity contribution in [3.8, 4) is 0 Å². The number of rotatable bonds is 5. The Labute approximate surface area is 134 Å². The van der Waals surface area contributed by atoms with Gasteiger partial charge in [-0.15, -0.1) is 0 Å². The number of H-pyrrole nitrogens is 1. The first-order chi connectivity index (χ1) is 10.6. The van der Waals surface area contributed by atoms with Crippen molar-refractivity contribution in [3.63, 3.8) is 0 Å². The molecule has 1 amide bonds. The number of nitrogens with one attached hydrogen (secondary N) is 1. The fraction of sp³-hybridized carbons (Fsp3) is 0.688. The molecule has 6 heteroatoms. The maximum Gasteiger partial charge on any atom is 0.251 e. The van der Waals surface area contributed by atoms with Crippen molar-refractivity contribution in [3.05, 3.63) is 27.9 Å². The van der Waals surface area contributed by atoms with Crippen molar-refractivity contribution in [2.24, 2.45) is 5.92 Å². The van der Waals surface area contributed by atoms with Crippen molar-refractivity contribution < 1.29 is 4.79 Å². The van der Waals surface area contributed by atoms with E-state index in [9.17, 15) is 9.59 Å². The summed E-state index contributed by atoms with van der Waals surface area (Å²) >= 11 is 1.77. The average molecular weight is 321 g/mol. The lowest BCUT2D eigenvalue weighted by Crippen LogP contribution is -2.40. The number of aromatic nitrogens is 2. The van der Waals surface area contributed by atoms with Gasteiger partial charge < -0.3 is 9.88 Å². The van der Waals surface area contributed by atoms with Crippen LogP contribution in [0.3, 0.4) is 0 Å². The summed E-state index contributed by atoms with van der Waals surface area (Å²) in [5.74, 6) is 3.63. The Bertz CT molecular complexity index is 597. The van der Waals surface area contributed by atoms with Crippen LogP contribution in [0, 0.1) is 12.8 Å². The lowest BCUT2D eigenvalue weighted by molar-refractivity contribution is -0.129. The van der Waals surface area contributed by atoms with Gasteiger partial charge in [-0.2, -0.15) is 11.8 Å². The number of aryl methyl sites for hydroxylation is 1. The molecular formula is C16H23N3O2S. The Hall–Kier alpha value is -1.30. The number of thioether (sulfide) groups is 1. The van der Waals surface area contributed by atoms with Gasteiger partial charge in [0.05, 0.1) is 11.4 Å². The molecule has 1 aromatic heterocycles. The lowest BCUT2D eigenvalue weighted by Gasteiger charge is -2.32. The van der Waals surface area contributed by atoms with Gasteiger partial charge in [-0.05, 0) is 44.3 Å². The number of amides is 1. The Morgan fingerprint density at radius 3 is 3.00 bits per heavy atom. The predicted molar refractivity (Wildman–Crippen MR) is 88.2 cm³/mol. The summed E-state index contributed by atoms with van der Waals surface area (Å²) in [5.41, 5.74) is 0.718. The van der Waals surface area contributed by atoms with Gasteiger partial charge in [-0.1, -0.05) is 0 Å². The molecule has 2 fully saturated rings. The van der Waals surface area contributed by atoms with Crippen LogP contribution in [0.5, 0.6) is 0 Å². The molecule has 2 aliphatic rings. The third-order valence-electron chi connectivity index (χ3n) is 4.35. The fourth-order valence-corrected chi connectivity index (χ4v) is 4.09. The smallest absolute Gasteiger partial charge is 0.251 e. The zero-order chi connectivity index (χ0) is 15.5. The molecule has 1 aliphatic heterocycles. The zero-order valence-corrected chi connectivity index (χ0v) is 13.8. The fourth-order valence-electron chi connectivity index (χ4n) is 2.95. The summed E-state index contributed by atoms with van der Waals surface area (Å²) in [6.07, 6.45) is 4.65. The molecule has 5 nitrogen and oxygen atoms in total. The van der Waals surface area contributed by atoms with Gasteiger partial charge in [0.15, 0.2) is 0 Å². The number of aromatic amines is 1. The summed E-state index contributed by atoms with van der Waals surface area (Å²) in [6, 6.07) is 1.58. The van der Waals surface area contributed by atoms with Gasteiger partial charge in [0, 0.05) is 25.1 Å². The second-order valence-corrected chi connectivity index (χ2v) is 7.42. The van der Waals surface area contributed by atoms with E-state index in [2.05, 4.69) is 9.97 Å². The highest BCUT2D eigenvalue weighted by Crippen LogP contribution is 2.32. The first-order valence-corrected chi connectivity index (χ1v) is 9.20. The van der Waals surface area contributed by atoms with E-state index in [1.165, 1.54) is 12.8 Å². The molecule has 1 aromatic rings. The van der Waals surface area contributed by atoms with Crippen LogP contribution in [0.15, 0.2) is 10.9 Å². The molecule has 2 heterocycles. The molecule has 22 heavy (non-hydrogen) atoms. The molecule has 1 atom stereocenters. The number of nitrogens with zero attached hydrogens (tertiary/aromatic N) is 2. The van der Waals surface area contributed by atoms with Crippen LogP contribution in [-0.2, 0) is 4.79 Å². The third-order valence-corrected chi connectivity index (χ3v) is 5.51. The second-order valence-electron chi connectivity index (χ2n) is 6.39. The van der Waals surface area contributed by atoms with Crippen molar-refractivity contribution in [1.82, 2.24) is 14.9 Å². The van der Waals surface area contributed by atoms with Gasteiger partial charge >= 0.3 is 0 Å². The first-order valence-electron chi connectivity index (χ1n) is 8.05. The largest absolute Gasteiger partial charge is 0.341 e. The molecule has 1 unspecified atom stereocenters. The van der Waals surface area contributed by atoms with E-state index in [1.807, 2.05) is 4.90 Å². The maximum atomic E-state index is 12.3. The quantitative estimate of drug-likeness (QED) is 0.900. The topological polar surface area (TPSA) is 66.1 Å². The lowest BCUT2D eigenvalue weighted by atomic mass is 9.94. The minimum absolute atomic E-state index is 0.106. The van der Waals surface area contributed by atoms with E-state index >= 15 is 0 Å². The first kappa shape index (κ1) is 15.6. The van der Waals surface area contributed by atoms with E-state index in [0.29, 0.717) is 18.1 Å². The predicted octanol–water partition coefficient (Wildman–Crippen LogP) is 1.93. The molecular weight excluding hydrogens is 298 g/mol. The molecule has 1 saturated carbocycles. The summed E-state index contributed by atoms with van der Waals surface area (Å²) < 4.78 is 0. The number of likely N-dealkylation sites (tertiary alicyclic amines) is 1. The standard InChI is InChI=1S/C16H23N3O2S/c1-11-17-14(7-15(20)18-11)13-3-2-6-19(8-13)16(21)10-22-9-12-4-5-12/h7,12-13H,2-6,8-10H2,1H3,(H,17,18,20). The summed E-state index contributed by atoms with van der Waals surface area (Å²) in [5, 5.41) is 0. The van der Waals surface area contributed by atoms with Crippen LogP contribution < -0.4 is 5.56 Å². The molecule has 0 aromatic carbocycles. The van der Waals surface area contributed by atoms with Crippen LogP contribution >= 0.6 is 11.8 Å². The van der Waals surface area contributed by atoms with Gasteiger partial charge in [0.1, 0.15) is 5.82 Å². The van der Waals surface area contributed by atoms with E-state index in [1.54, 1.807) is 24.8 Å². The Morgan fingerprint density at radius 1 is 1.45 bits per heavy atom. The number of carbonyl (C=O) groups excluding carboxylic acids is 1. The monoisotopic (exact) mass is 321 g/mol. The van der Waals surface area contributed by atoms with E-state index in [4.69, 9.17) is 0 Å². The number of hydrogen-bond donors (Lipinski definition) is 1. The Balaban J connectivity index is 1.57. The van der Waals surface area contributed by atoms with Crippen molar-refractivity contribution in [2.45, 2.75) is 38.5 Å². The SMILES string of the molecule is Cc1nc(C2CCCN(C(=O)CSCC3CC3)C2)cc(=O)[nH]1. The molecule has 1 aliphatic carbocycles. The minimum atomic E-state index is -0.106. The highest BCUT2D eigenvalue weighted by molar-refractivity contribution is 7.99. The van der Waals surface area contributed by atoms with Crippen molar-refractivity contribution in [1.29, 1.82) is 0 Å². The molecule has 0 radical (unpaired) electrons. The molecule has 0 bridgehead atoms. The second kappa shape index (κ2) is 6.86. The number of carbonyl (C=O) groups is 1. The number of piperidine rings is 1. The van der Waals surface area contributed by atoms with Crippen LogP contribution in [0.4, 0.5) is 0 Å².